The lowest BCUT2D eigenvalue weighted by molar-refractivity contribution is 0.241. The van der Waals surface area contributed by atoms with Crippen molar-refractivity contribution in [3.63, 3.8) is 0 Å². The van der Waals surface area contributed by atoms with Gasteiger partial charge in [0, 0.05) is 36.6 Å². The summed E-state index contributed by atoms with van der Waals surface area (Å²) in [5.74, 6) is 0. The van der Waals surface area contributed by atoms with Gasteiger partial charge in [-0.15, -0.1) is 11.3 Å². The van der Waals surface area contributed by atoms with E-state index in [1.165, 1.54) is 21.2 Å². The second-order valence-corrected chi connectivity index (χ2v) is 8.09. The Morgan fingerprint density at radius 2 is 1.96 bits per heavy atom. The third kappa shape index (κ3) is 4.34. The van der Waals surface area contributed by atoms with Gasteiger partial charge >= 0.3 is 6.03 Å². The molecule has 3 N–H and O–H groups in total. The number of aromatic amines is 1. The lowest BCUT2D eigenvalue weighted by Gasteiger charge is -2.07. The molecular weight excluding hydrogens is 368 g/mol. The molecule has 0 radical (unpaired) electrons. The number of urea groups is 1. The number of rotatable bonds is 7. The first-order chi connectivity index (χ1) is 13.7. The van der Waals surface area contributed by atoms with Crippen molar-refractivity contribution in [2.45, 2.75) is 26.2 Å². The van der Waals surface area contributed by atoms with Gasteiger partial charge in [0.15, 0.2) is 0 Å². The average molecular weight is 393 g/mol. The first-order valence-electron chi connectivity index (χ1n) is 9.62. The van der Waals surface area contributed by atoms with Crippen LogP contribution in [0.3, 0.4) is 0 Å². The molecule has 2 aromatic heterocycles. The Balaban J connectivity index is 1.17. The molecule has 0 aliphatic heterocycles. The van der Waals surface area contributed by atoms with Gasteiger partial charge in [0.05, 0.1) is 15.2 Å². The van der Waals surface area contributed by atoms with E-state index in [4.69, 9.17) is 0 Å². The highest BCUT2D eigenvalue weighted by Crippen LogP contribution is 2.22. The van der Waals surface area contributed by atoms with Crippen molar-refractivity contribution in [3.05, 3.63) is 64.8 Å². The Bertz CT molecular complexity index is 1070. The van der Waals surface area contributed by atoms with Crippen molar-refractivity contribution < 1.29 is 4.79 Å². The van der Waals surface area contributed by atoms with Crippen LogP contribution in [0.15, 0.2) is 48.7 Å². The Hall–Kier alpha value is -2.86. The van der Waals surface area contributed by atoms with E-state index < -0.39 is 0 Å². The molecule has 0 aliphatic carbocycles. The number of carbonyl (C=O) groups is 1. The maximum Gasteiger partial charge on any atom is 0.314 e. The maximum absolute atomic E-state index is 12.0. The van der Waals surface area contributed by atoms with Crippen molar-refractivity contribution in [1.29, 1.82) is 0 Å². The summed E-state index contributed by atoms with van der Waals surface area (Å²) in [6, 6.07) is 14.5. The molecule has 0 saturated carbocycles. The van der Waals surface area contributed by atoms with Gasteiger partial charge in [-0.1, -0.05) is 24.3 Å². The van der Waals surface area contributed by atoms with Crippen molar-refractivity contribution in [2.24, 2.45) is 0 Å². The summed E-state index contributed by atoms with van der Waals surface area (Å²) >= 11 is 1.73. The Morgan fingerprint density at radius 1 is 1.11 bits per heavy atom. The molecule has 0 spiro atoms. The number of aryl methyl sites for hydroxylation is 2. The second kappa shape index (κ2) is 8.44. The molecule has 4 aromatic rings. The zero-order valence-corrected chi connectivity index (χ0v) is 16.7. The lowest BCUT2D eigenvalue weighted by atomic mass is 10.1. The van der Waals surface area contributed by atoms with Crippen molar-refractivity contribution in [3.8, 4) is 0 Å². The molecule has 2 aromatic carbocycles. The normalized spacial score (nSPS) is 11.2. The van der Waals surface area contributed by atoms with Crippen LogP contribution in [0.1, 0.15) is 22.6 Å². The van der Waals surface area contributed by atoms with Crippen molar-refractivity contribution in [1.82, 2.24) is 20.6 Å². The molecule has 0 saturated heterocycles. The number of thiazole rings is 1. The largest absolute Gasteiger partial charge is 0.361 e. The molecule has 0 unspecified atom stereocenters. The zero-order chi connectivity index (χ0) is 19.3. The van der Waals surface area contributed by atoms with E-state index in [1.54, 1.807) is 11.3 Å². The van der Waals surface area contributed by atoms with E-state index in [9.17, 15) is 4.79 Å². The van der Waals surface area contributed by atoms with E-state index in [0.29, 0.717) is 13.1 Å². The summed E-state index contributed by atoms with van der Waals surface area (Å²) in [7, 11) is 0. The Morgan fingerprint density at radius 3 is 2.86 bits per heavy atom. The van der Waals surface area contributed by atoms with E-state index >= 15 is 0 Å². The average Bonchev–Trinajstić information content (AvgIpc) is 3.28. The fourth-order valence-electron chi connectivity index (χ4n) is 3.35. The highest BCUT2D eigenvalue weighted by Gasteiger charge is 2.06. The molecule has 0 atom stereocenters. The molecule has 28 heavy (non-hydrogen) atoms. The Labute approximate surface area is 168 Å². The molecule has 0 aliphatic rings. The summed E-state index contributed by atoms with van der Waals surface area (Å²) in [5.41, 5.74) is 4.67. The maximum atomic E-state index is 12.0. The first kappa shape index (κ1) is 18.5. The third-order valence-electron chi connectivity index (χ3n) is 4.79. The van der Waals surface area contributed by atoms with Crippen LogP contribution in [0.2, 0.25) is 0 Å². The SMILES string of the molecule is Cc1ccc2c(CCNC(=O)NCCCc3nc4ccccc4s3)c[nH]c2c1. The van der Waals surface area contributed by atoms with Crippen LogP contribution in [0, 0.1) is 6.92 Å². The van der Waals surface area contributed by atoms with Crippen LogP contribution in [-0.4, -0.2) is 29.1 Å². The summed E-state index contributed by atoms with van der Waals surface area (Å²) in [5, 5.41) is 8.22. The van der Waals surface area contributed by atoms with Crippen LogP contribution in [0.25, 0.3) is 21.1 Å². The minimum atomic E-state index is -0.111. The number of fused-ring (bicyclic) bond motifs is 2. The molecule has 5 nitrogen and oxygen atoms in total. The number of hydrogen-bond donors (Lipinski definition) is 3. The fraction of sp³-hybridized carbons (Fsp3) is 0.273. The van der Waals surface area contributed by atoms with Gasteiger partial charge < -0.3 is 15.6 Å². The molecule has 0 bridgehead atoms. The monoisotopic (exact) mass is 392 g/mol. The van der Waals surface area contributed by atoms with Gasteiger partial charge in [-0.3, -0.25) is 0 Å². The summed E-state index contributed by atoms with van der Waals surface area (Å²) in [6.45, 7) is 3.35. The number of benzene rings is 2. The number of H-pyrrole nitrogens is 1. The lowest BCUT2D eigenvalue weighted by Crippen LogP contribution is -2.37. The number of aromatic nitrogens is 2. The van der Waals surface area contributed by atoms with E-state index in [-0.39, 0.29) is 6.03 Å². The van der Waals surface area contributed by atoms with Crippen LogP contribution in [0.4, 0.5) is 4.79 Å². The van der Waals surface area contributed by atoms with Gasteiger partial charge in [0.2, 0.25) is 0 Å². The Kier molecular flexibility index (Phi) is 5.58. The van der Waals surface area contributed by atoms with Gasteiger partial charge in [-0.25, -0.2) is 9.78 Å². The molecular formula is C22H24N4OS. The van der Waals surface area contributed by atoms with E-state index in [0.717, 1.165) is 35.3 Å². The van der Waals surface area contributed by atoms with Crippen LogP contribution >= 0.6 is 11.3 Å². The molecule has 4 rings (SSSR count). The fourth-order valence-corrected chi connectivity index (χ4v) is 4.36. The quantitative estimate of drug-likeness (QED) is 0.404. The summed E-state index contributed by atoms with van der Waals surface area (Å²) in [6.07, 6.45) is 4.60. The van der Waals surface area contributed by atoms with Gasteiger partial charge in [0.25, 0.3) is 0 Å². The number of nitrogens with one attached hydrogen (secondary N) is 3. The number of para-hydroxylation sites is 1. The number of carbonyl (C=O) groups excluding carboxylic acids is 1. The van der Waals surface area contributed by atoms with Crippen molar-refractivity contribution in [2.75, 3.05) is 13.1 Å². The summed E-state index contributed by atoms with van der Waals surface area (Å²) in [4.78, 5) is 19.9. The minimum absolute atomic E-state index is 0.111. The van der Waals surface area contributed by atoms with Crippen LogP contribution in [-0.2, 0) is 12.8 Å². The van der Waals surface area contributed by atoms with E-state index in [2.05, 4.69) is 51.8 Å². The molecule has 2 heterocycles. The van der Waals surface area contributed by atoms with Crippen LogP contribution < -0.4 is 10.6 Å². The highest BCUT2D eigenvalue weighted by atomic mass is 32.1. The van der Waals surface area contributed by atoms with E-state index in [1.807, 2.05) is 24.4 Å². The second-order valence-electron chi connectivity index (χ2n) is 6.97. The number of hydrogen-bond acceptors (Lipinski definition) is 3. The molecule has 144 valence electrons. The van der Waals surface area contributed by atoms with Gasteiger partial charge in [0.1, 0.15) is 0 Å². The topological polar surface area (TPSA) is 69.8 Å². The molecule has 6 heteroatoms. The van der Waals surface area contributed by atoms with Crippen molar-refractivity contribution >= 4 is 38.5 Å². The van der Waals surface area contributed by atoms with Crippen LogP contribution in [0.5, 0.6) is 0 Å². The first-order valence-corrected chi connectivity index (χ1v) is 10.4. The number of amides is 2. The van der Waals surface area contributed by atoms with Gasteiger partial charge in [-0.2, -0.15) is 0 Å². The third-order valence-corrected chi connectivity index (χ3v) is 5.89. The van der Waals surface area contributed by atoms with Gasteiger partial charge in [-0.05, 0) is 49.1 Å². The predicted molar refractivity (Wildman–Crippen MR) is 116 cm³/mol. The highest BCUT2D eigenvalue weighted by molar-refractivity contribution is 7.18. The summed E-state index contributed by atoms with van der Waals surface area (Å²) < 4.78 is 1.22. The predicted octanol–water partition coefficient (Wildman–Crippen LogP) is 4.56. The molecule has 0 fully saturated rings. The standard InChI is InChI=1S/C22H24N4OS/c1-15-8-9-17-16(14-25-19(17)13-15)10-12-24-22(27)23-11-4-7-21-26-18-5-2-3-6-20(18)28-21/h2-3,5-6,8-9,13-14,25H,4,7,10-12H2,1H3,(H2,23,24,27). The smallest absolute Gasteiger partial charge is 0.314 e. The molecule has 2 amide bonds. The number of nitrogens with zero attached hydrogens (tertiary/aromatic N) is 1. The minimum Gasteiger partial charge on any atom is -0.361 e. The zero-order valence-electron chi connectivity index (χ0n) is 15.9.